The molecule has 1 fully saturated rings. The fraction of sp³-hybridized carbons (Fsp3) is 0.304. The van der Waals surface area contributed by atoms with Crippen molar-refractivity contribution in [3.8, 4) is 11.5 Å². The second-order valence-electron chi connectivity index (χ2n) is 7.65. The van der Waals surface area contributed by atoms with Crippen molar-refractivity contribution in [2.75, 3.05) is 29.9 Å². The summed E-state index contributed by atoms with van der Waals surface area (Å²) in [6.07, 6.45) is 1.82. The quantitative estimate of drug-likeness (QED) is 0.409. The van der Waals surface area contributed by atoms with Gasteiger partial charge in [-0.3, -0.25) is 0 Å². The smallest absolute Gasteiger partial charge is 0.245 e. The minimum Gasteiger partial charge on any atom is -0.494 e. The van der Waals surface area contributed by atoms with E-state index in [1.807, 2.05) is 55.5 Å². The number of nitrogens with one attached hydrogen (secondary N) is 1. The van der Waals surface area contributed by atoms with Gasteiger partial charge in [0.15, 0.2) is 11.6 Å². The number of piperidine rings is 1. The molecule has 5 rings (SSSR count). The van der Waals surface area contributed by atoms with Crippen LogP contribution in [0.4, 0.5) is 17.3 Å². The average molecular weight is 467 g/mol. The van der Waals surface area contributed by atoms with Crippen LogP contribution in [0, 0.1) is 0 Å². The van der Waals surface area contributed by atoms with Gasteiger partial charge in [-0.25, -0.2) is 14.6 Å². The second-order valence-corrected chi connectivity index (χ2v) is 8.08. The van der Waals surface area contributed by atoms with Crippen molar-refractivity contribution in [3.05, 3.63) is 53.6 Å². The van der Waals surface area contributed by atoms with Crippen molar-refractivity contribution < 1.29 is 14.1 Å². The van der Waals surface area contributed by atoms with Gasteiger partial charge in [0.1, 0.15) is 17.6 Å². The van der Waals surface area contributed by atoms with Crippen LogP contribution < -0.4 is 19.7 Å². The molecule has 0 spiro atoms. The Morgan fingerprint density at radius 1 is 0.970 bits per heavy atom. The van der Waals surface area contributed by atoms with E-state index in [2.05, 4.69) is 30.5 Å². The summed E-state index contributed by atoms with van der Waals surface area (Å²) in [5.41, 5.74) is 1.60. The van der Waals surface area contributed by atoms with Crippen molar-refractivity contribution in [3.63, 3.8) is 0 Å². The molecule has 0 amide bonds. The fourth-order valence-corrected chi connectivity index (χ4v) is 3.89. The van der Waals surface area contributed by atoms with Gasteiger partial charge in [-0.1, -0.05) is 11.6 Å². The lowest BCUT2D eigenvalue weighted by atomic mass is 10.1. The minimum absolute atomic E-state index is 0.121. The van der Waals surface area contributed by atoms with Crippen molar-refractivity contribution in [1.82, 2.24) is 20.3 Å². The van der Waals surface area contributed by atoms with Gasteiger partial charge in [0, 0.05) is 36.6 Å². The molecule has 9 nitrogen and oxygen atoms in total. The first-order chi connectivity index (χ1) is 16.2. The van der Waals surface area contributed by atoms with E-state index in [4.69, 9.17) is 25.7 Å². The number of aromatic nitrogens is 4. The third kappa shape index (κ3) is 4.93. The molecule has 2 aromatic carbocycles. The highest BCUT2D eigenvalue weighted by Gasteiger charge is 2.25. The van der Waals surface area contributed by atoms with E-state index >= 15 is 0 Å². The first kappa shape index (κ1) is 21.3. The molecule has 170 valence electrons. The van der Waals surface area contributed by atoms with Crippen molar-refractivity contribution in [2.45, 2.75) is 25.9 Å². The molecule has 3 heterocycles. The van der Waals surface area contributed by atoms with Crippen LogP contribution in [0.1, 0.15) is 19.8 Å². The Morgan fingerprint density at radius 3 is 2.33 bits per heavy atom. The Hall–Kier alpha value is -3.59. The average Bonchev–Trinajstić information content (AvgIpc) is 3.30. The van der Waals surface area contributed by atoms with Gasteiger partial charge in [-0.15, -0.1) is 0 Å². The zero-order valence-corrected chi connectivity index (χ0v) is 18.8. The van der Waals surface area contributed by atoms with Crippen LogP contribution in [0.15, 0.2) is 53.2 Å². The van der Waals surface area contributed by atoms with Crippen molar-refractivity contribution in [1.29, 1.82) is 0 Å². The maximum atomic E-state index is 6.12. The lowest BCUT2D eigenvalue weighted by Crippen LogP contribution is -2.39. The number of halogens is 1. The lowest BCUT2D eigenvalue weighted by molar-refractivity contribution is 0.171. The molecule has 1 saturated heterocycles. The first-order valence-electron chi connectivity index (χ1n) is 10.9. The van der Waals surface area contributed by atoms with Gasteiger partial charge < -0.3 is 19.7 Å². The summed E-state index contributed by atoms with van der Waals surface area (Å²) in [5, 5.41) is 11.8. The van der Waals surface area contributed by atoms with E-state index in [1.54, 1.807) is 0 Å². The molecule has 1 aliphatic heterocycles. The summed E-state index contributed by atoms with van der Waals surface area (Å²) in [6.45, 7) is 4.11. The normalized spacial score (nSPS) is 14.4. The van der Waals surface area contributed by atoms with Crippen LogP contribution in [-0.2, 0) is 0 Å². The summed E-state index contributed by atoms with van der Waals surface area (Å²) in [5.74, 6) is 2.94. The van der Waals surface area contributed by atoms with E-state index in [9.17, 15) is 0 Å². The second kappa shape index (κ2) is 9.50. The summed E-state index contributed by atoms with van der Waals surface area (Å²) in [4.78, 5) is 11.5. The summed E-state index contributed by atoms with van der Waals surface area (Å²) in [7, 11) is 0. The monoisotopic (exact) mass is 466 g/mol. The number of anilines is 3. The fourth-order valence-electron chi connectivity index (χ4n) is 3.76. The Balaban J connectivity index is 1.32. The Bertz CT molecular complexity index is 1210. The van der Waals surface area contributed by atoms with Crippen molar-refractivity contribution >= 4 is 40.2 Å². The molecule has 2 aromatic heterocycles. The number of rotatable bonds is 7. The molecule has 0 atom stereocenters. The molecule has 0 saturated carbocycles. The minimum atomic E-state index is 0.121. The Morgan fingerprint density at radius 2 is 1.64 bits per heavy atom. The van der Waals surface area contributed by atoms with Crippen LogP contribution in [0.25, 0.3) is 11.3 Å². The number of hydrogen-bond acceptors (Lipinski definition) is 9. The first-order valence-corrected chi connectivity index (χ1v) is 11.2. The van der Waals surface area contributed by atoms with Crippen LogP contribution >= 0.6 is 11.6 Å². The molecule has 1 N–H and O–H groups in total. The third-order valence-corrected chi connectivity index (χ3v) is 5.63. The van der Waals surface area contributed by atoms with Crippen LogP contribution in [-0.4, -0.2) is 46.1 Å². The highest BCUT2D eigenvalue weighted by atomic mass is 35.5. The molecular formula is C23H23ClN6O3. The van der Waals surface area contributed by atoms with E-state index < -0.39 is 0 Å². The summed E-state index contributed by atoms with van der Waals surface area (Å²) >= 11 is 5.97. The zero-order valence-electron chi connectivity index (χ0n) is 18.1. The highest BCUT2D eigenvalue weighted by molar-refractivity contribution is 6.30. The molecule has 0 bridgehead atoms. The molecule has 0 aliphatic carbocycles. The van der Waals surface area contributed by atoms with Gasteiger partial charge in [-0.05, 0) is 65.8 Å². The summed E-state index contributed by atoms with van der Waals surface area (Å²) in [6, 6.07) is 15.2. The Kier molecular flexibility index (Phi) is 6.12. The molecular weight excluding hydrogens is 444 g/mol. The van der Waals surface area contributed by atoms with E-state index in [0.717, 1.165) is 43.1 Å². The number of fused-ring (bicyclic) bond motifs is 1. The number of benzene rings is 2. The maximum Gasteiger partial charge on any atom is 0.245 e. The van der Waals surface area contributed by atoms with Gasteiger partial charge in [0.25, 0.3) is 0 Å². The van der Waals surface area contributed by atoms with Crippen molar-refractivity contribution in [2.24, 2.45) is 0 Å². The lowest BCUT2D eigenvalue weighted by Gasteiger charge is -2.33. The molecule has 1 aliphatic rings. The Labute approximate surface area is 195 Å². The van der Waals surface area contributed by atoms with Gasteiger partial charge >= 0.3 is 0 Å². The third-order valence-electron chi connectivity index (χ3n) is 5.38. The van der Waals surface area contributed by atoms with E-state index in [0.29, 0.717) is 34.6 Å². The number of hydrogen-bond donors (Lipinski definition) is 1. The molecule has 33 heavy (non-hydrogen) atoms. The predicted octanol–water partition coefficient (Wildman–Crippen LogP) is 4.86. The highest BCUT2D eigenvalue weighted by Crippen LogP contribution is 2.30. The topological polar surface area (TPSA) is 98.4 Å². The zero-order chi connectivity index (χ0) is 22.6. The van der Waals surface area contributed by atoms with Gasteiger partial charge in [0.05, 0.1) is 6.61 Å². The SMILES string of the molecule is CCOc1ccc(Nc2nc3nonc3nc2N2CCC(Oc3ccc(Cl)cc3)CC2)cc1. The number of nitrogens with zero attached hydrogens (tertiary/aromatic N) is 5. The molecule has 0 unspecified atom stereocenters. The van der Waals surface area contributed by atoms with E-state index in [1.165, 1.54) is 0 Å². The maximum absolute atomic E-state index is 6.12. The van der Waals surface area contributed by atoms with Gasteiger partial charge in [0.2, 0.25) is 11.3 Å². The largest absolute Gasteiger partial charge is 0.494 e. The molecule has 10 heteroatoms. The van der Waals surface area contributed by atoms with E-state index in [-0.39, 0.29) is 6.10 Å². The standard InChI is InChI=1S/C23H23ClN6O3/c1-2-31-17-9-5-16(6-10-17)25-22-23(27-21-20(26-22)28-33-29-21)30-13-11-19(12-14-30)32-18-7-3-15(24)4-8-18/h3-10,19H,2,11-14H2,1H3,(H,25,26,28). The van der Waals surface area contributed by atoms with Crippen LogP contribution in [0.3, 0.4) is 0 Å². The predicted molar refractivity (Wildman–Crippen MR) is 126 cm³/mol. The number of ether oxygens (including phenoxy) is 2. The molecule has 4 aromatic rings. The van der Waals surface area contributed by atoms with Crippen LogP contribution in [0.5, 0.6) is 11.5 Å². The van der Waals surface area contributed by atoms with Gasteiger partial charge in [-0.2, -0.15) is 0 Å². The summed E-state index contributed by atoms with van der Waals surface area (Å²) < 4.78 is 16.5. The molecule has 0 radical (unpaired) electrons. The van der Waals surface area contributed by atoms with Crippen LogP contribution in [0.2, 0.25) is 5.02 Å².